The highest BCUT2D eigenvalue weighted by Crippen LogP contribution is 2.36. The second-order valence-electron chi connectivity index (χ2n) is 11.7. The molecule has 11 nitrogen and oxygen atoms in total. The smallest absolute Gasteiger partial charge is 0.273 e. The molecule has 2 amide bonds. The third kappa shape index (κ3) is 9.40. The highest BCUT2D eigenvalue weighted by molar-refractivity contribution is 9.10. The minimum atomic E-state index is -4.68. The van der Waals surface area contributed by atoms with Gasteiger partial charge in [-0.2, -0.15) is 0 Å². The van der Waals surface area contributed by atoms with Gasteiger partial charge in [-0.15, -0.1) is 0 Å². The molecule has 264 valence electrons. The van der Waals surface area contributed by atoms with Crippen LogP contribution in [0.15, 0.2) is 100 Å². The summed E-state index contributed by atoms with van der Waals surface area (Å²) < 4.78 is 36.1. The number of halogens is 2. The maximum absolute atomic E-state index is 14.7. The van der Waals surface area contributed by atoms with Crippen LogP contribution >= 0.6 is 27.5 Å². The lowest BCUT2D eigenvalue weighted by Crippen LogP contribution is -2.54. The van der Waals surface area contributed by atoms with Crippen LogP contribution in [0.25, 0.3) is 0 Å². The van der Waals surface area contributed by atoms with E-state index in [1.165, 1.54) is 49.3 Å². The summed E-state index contributed by atoms with van der Waals surface area (Å²) in [6, 6.07) is 23.0. The summed E-state index contributed by atoms with van der Waals surface area (Å²) in [5, 5.41) is 14.9. The molecule has 1 N–H and O–H groups in total. The largest absolute Gasteiger partial charge is 0.495 e. The molecule has 14 heteroatoms. The number of nitro benzene ring substituents is 1. The van der Waals surface area contributed by atoms with Crippen molar-refractivity contribution in [2.75, 3.05) is 18.0 Å². The van der Waals surface area contributed by atoms with Gasteiger partial charge in [0.1, 0.15) is 18.3 Å². The van der Waals surface area contributed by atoms with Crippen LogP contribution in [-0.2, 0) is 32.6 Å². The number of nitrogens with zero attached hydrogens (tertiary/aromatic N) is 3. The quantitative estimate of drug-likeness (QED) is 0.100. The second kappa shape index (κ2) is 17.0. The van der Waals surface area contributed by atoms with Crippen molar-refractivity contribution in [3.63, 3.8) is 0 Å². The number of anilines is 1. The summed E-state index contributed by atoms with van der Waals surface area (Å²) >= 11 is 9.78. The van der Waals surface area contributed by atoms with Crippen molar-refractivity contribution in [2.24, 2.45) is 0 Å². The van der Waals surface area contributed by atoms with Gasteiger partial charge in [-0.3, -0.25) is 24.0 Å². The van der Waals surface area contributed by atoms with Crippen molar-refractivity contribution in [1.82, 2.24) is 10.2 Å². The Labute approximate surface area is 305 Å². The third-order valence-electron chi connectivity index (χ3n) is 8.19. The number of amides is 2. The zero-order valence-electron chi connectivity index (χ0n) is 28.0. The van der Waals surface area contributed by atoms with Gasteiger partial charge in [0.15, 0.2) is 0 Å². The van der Waals surface area contributed by atoms with Gasteiger partial charge < -0.3 is 15.0 Å². The molecule has 0 saturated carbocycles. The van der Waals surface area contributed by atoms with Crippen LogP contribution in [0.5, 0.6) is 5.75 Å². The minimum Gasteiger partial charge on any atom is -0.495 e. The molecular formula is C36H38BrClN4O7S. The molecule has 4 rings (SSSR count). The van der Waals surface area contributed by atoms with Crippen LogP contribution in [0.3, 0.4) is 0 Å². The van der Waals surface area contributed by atoms with Crippen molar-refractivity contribution in [1.29, 1.82) is 0 Å². The molecule has 0 unspecified atom stereocenters. The Hall–Kier alpha value is -4.46. The van der Waals surface area contributed by atoms with E-state index in [0.717, 1.165) is 20.4 Å². The number of carbonyl (C=O) groups excluding carboxylic acids is 2. The normalized spacial score (nSPS) is 12.4. The maximum atomic E-state index is 14.7. The van der Waals surface area contributed by atoms with Crippen molar-refractivity contribution in [2.45, 2.75) is 57.1 Å². The highest BCUT2D eigenvalue weighted by Gasteiger charge is 2.36. The van der Waals surface area contributed by atoms with Crippen molar-refractivity contribution in [3.8, 4) is 5.75 Å². The van der Waals surface area contributed by atoms with Gasteiger partial charge in [0.2, 0.25) is 11.8 Å². The van der Waals surface area contributed by atoms with E-state index in [2.05, 4.69) is 21.2 Å². The van der Waals surface area contributed by atoms with E-state index in [1.807, 2.05) is 44.2 Å². The molecule has 0 aliphatic carbocycles. The van der Waals surface area contributed by atoms with E-state index < -0.39 is 49.9 Å². The fraction of sp³-hybridized carbons (Fsp3) is 0.278. The molecule has 0 aliphatic rings. The molecule has 0 bridgehead atoms. The summed E-state index contributed by atoms with van der Waals surface area (Å²) in [7, 11) is -3.34. The molecule has 0 aliphatic heterocycles. The summed E-state index contributed by atoms with van der Waals surface area (Å²) in [5.41, 5.74) is 1.27. The van der Waals surface area contributed by atoms with Gasteiger partial charge in [0.25, 0.3) is 15.7 Å². The van der Waals surface area contributed by atoms with Crippen LogP contribution in [0.4, 0.5) is 11.4 Å². The molecule has 0 spiro atoms. The first kappa shape index (κ1) is 38.3. The molecule has 0 radical (unpaired) electrons. The van der Waals surface area contributed by atoms with Gasteiger partial charge >= 0.3 is 0 Å². The zero-order chi connectivity index (χ0) is 36.6. The van der Waals surface area contributed by atoms with Crippen molar-refractivity contribution < 1.29 is 27.7 Å². The van der Waals surface area contributed by atoms with E-state index in [0.29, 0.717) is 12.0 Å². The molecule has 2 atom stereocenters. The average Bonchev–Trinajstić information content (AvgIpc) is 3.09. The van der Waals surface area contributed by atoms with Crippen LogP contribution in [0.1, 0.15) is 37.0 Å². The second-order valence-corrected chi connectivity index (χ2v) is 14.9. The monoisotopic (exact) mass is 784 g/mol. The predicted molar refractivity (Wildman–Crippen MR) is 197 cm³/mol. The van der Waals surface area contributed by atoms with Gasteiger partial charge in [-0.25, -0.2) is 8.42 Å². The number of carbonyl (C=O) groups is 2. The SMILES string of the molecule is CC[C@H](C)NC(=O)[C@@H](Cc1ccccc1)N(Cc1ccc(Br)cc1)C(=O)CN(c1cc(Cl)ccc1OC)S(=O)(=O)c1ccc(C)c([N+](=O)[O-])c1. The summed E-state index contributed by atoms with van der Waals surface area (Å²) in [4.78, 5) is 40.8. The molecule has 0 heterocycles. The number of rotatable bonds is 15. The Kier molecular flexibility index (Phi) is 13.0. The standard InChI is InChI=1S/C36H38BrClN4O7S/c1-5-25(3)39-36(44)33(19-26-9-7-6-8-10-26)40(22-27-12-14-28(37)15-13-27)35(43)23-41(32-20-29(38)16-18-34(32)49-4)50(47,48)30-17-11-24(2)31(21-30)42(45)46/h6-18,20-21,25,33H,5,19,22-23H2,1-4H3,(H,39,44)/t25-,33+/m0/s1. The molecular weight excluding hydrogens is 748 g/mol. The third-order valence-corrected chi connectivity index (χ3v) is 10.7. The Morgan fingerprint density at radius 2 is 1.68 bits per heavy atom. The van der Waals surface area contributed by atoms with E-state index in [9.17, 15) is 28.1 Å². The Morgan fingerprint density at radius 1 is 1.00 bits per heavy atom. The summed E-state index contributed by atoms with van der Waals surface area (Å²) in [6.45, 7) is 4.46. The van der Waals surface area contributed by atoms with Gasteiger partial charge in [-0.1, -0.05) is 83.0 Å². The number of hydrogen-bond donors (Lipinski definition) is 1. The minimum absolute atomic E-state index is 0.0336. The Morgan fingerprint density at radius 3 is 2.30 bits per heavy atom. The highest BCUT2D eigenvalue weighted by atomic mass is 79.9. The molecule has 0 aromatic heterocycles. The van der Waals surface area contributed by atoms with E-state index in [1.54, 1.807) is 24.3 Å². The van der Waals surface area contributed by atoms with E-state index in [4.69, 9.17) is 16.3 Å². The number of nitro groups is 1. The number of hydrogen-bond acceptors (Lipinski definition) is 7. The first-order valence-corrected chi connectivity index (χ1v) is 18.4. The number of aryl methyl sites for hydroxylation is 1. The maximum Gasteiger partial charge on any atom is 0.273 e. The van der Waals surface area contributed by atoms with E-state index >= 15 is 0 Å². The number of ether oxygens (including phenoxy) is 1. The summed E-state index contributed by atoms with van der Waals surface area (Å²) in [6.07, 6.45) is 0.788. The van der Waals surface area contributed by atoms with Crippen molar-refractivity contribution in [3.05, 3.63) is 127 Å². The number of sulfonamides is 1. The molecule has 4 aromatic rings. The van der Waals surface area contributed by atoms with Gasteiger partial charge in [-0.05, 0) is 67.8 Å². The fourth-order valence-corrected chi connectivity index (χ4v) is 7.09. The fourth-order valence-electron chi connectivity index (χ4n) is 5.23. The van der Waals surface area contributed by atoms with Crippen molar-refractivity contribution >= 4 is 60.7 Å². The molecule has 0 saturated heterocycles. The number of nitrogens with one attached hydrogen (secondary N) is 1. The molecule has 50 heavy (non-hydrogen) atoms. The predicted octanol–water partition coefficient (Wildman–Crippen LogP) is 7.08. The Balaban J connectivity index is 1.89. The topological polar surface area (TPSA) is 139 Å². The van der Waals surface area contributed by atoms with Crippen LogP contribution in [-0.4, -0.2) is 55.8 Å². The molecule has 4 aromatic carbocycles. The van der Waals surface area contributed by atoms with Gasteiger partial charge in [0, 0.05) is 40.1 Å². The van der Waals surface area contributed by atoms with Gasteiger partial charge in [0.05, 0.1) is 22.6 Å². The lowest BCUT2D eigenvalue weighted by molar-refractivity contribution is -0.385. The summed E-state index contributed by atoms with van der Waals surface area (Å²) in [5.74, 6) is -1.03. The average molecular weight is 786 g/mol. The van der Waals surface area contributed by atoms with E-state index in [-0.39, 0.29) is 41.0 Å². The Bertz CT molecular complexity index is 1950. The lowest BCUT2D eigenvalue weighted by atomic mass is 10.0. The van der Waals surface area contributed by atoms with Crippen LogP contribution in [0, 0.1) is 17.0 Å². The van der Waals surface area contributed by atoms with Crippen LogP contribution in [0.2, 0.25) is 5.02 Å². The first-order valence-electron chi connectivity index (χ1n) is 15.7. The molecule has 0 fully saturated rings. The number of benzene rings is 4. The lowest BCUT2D eigenvalue weighted by Gasteiger charge is -2.34. The zero-order valence-corrected chi connectivity index (χ0v) is 31.2. The van der Waals surface area contributed by atoms with Crippen LogP contribution < -0.4 is 14.4 Å². The number of methoxy groups -OCH3 is 1. The first-order chi connectivity index (χ1) is 23.7.